The summed E-state index contributed by atoms with van der Waals surface area (Å²) < 4.78 is 17.3. The molecule has 3 rings (SSSR count). The number of nitrogens with one attached hydrogen (secondary N) is 1. The maximum absolute atomic E-state index is 12.5. The summed E-state index contributed by atoms with van der Waals surface area (Å²) >= 11 is 0. The summed E-state index contributed by atoms with van der Waals surface area (Å²) in [6.45, 7) is -0.0477. The molecule has 9 heteroatoms. The number of carbonyl (C=O) groups excluding carboxylic acids is 1. The van der Waals surface area contributed by atoms with E-state index in [0.29, 0.717) is 28.8 Å². The molecule has 3 aromatic rings. The van der Waals surface area contributed by atoms with Crippen molar-refractivity contribution < 1.29 is 19.0 Å². The predicted molar refractivity (Wildman–Crippen MR) is 98.0 cm³/mol. The zero-order valence-electron chi connectivity index (χ0n) is 15.2. The Labute approximate surface area is 155 Å². The third kappa shape index (κ3) is 3.97. The van der Waals surface area contributed by atoms with Gasteiger partial charge in [-0.3, -0.25) is 4.79 Å². The van der Waals surface area contributed by atoms with Crippen molar-refractivity contribution in [2.24, 2.45) is 0 Å². The highest BCUT2D eigenvalue weighted by Crippen LogP contribution is 2.39. The van der Waals surface area contributed by atoms with Crippen LogP contribution in [0.15, 0.2) is 42.5 Å². The fraction of sp³-hybridized carbons (Fsp3) is 0.222. The first-order chi connectivity index (χ1) is 13.2. The smallest absolute Gasteiger partial charge is 0.246 e. The Morgan fingerprint density at radius 1 is 1.04 bits per heavy atom. The van der Waals surface area contributed by atoms with E-state index in [2.05, 4.69) is 20.8 Å². The number of hydrogen-bond acceptors (Lipinski definition) is 7. The maximum atomic E-state index is 12.5. The molecule has 0 radical (unpaired) electrons. The Morgan fingerprint density at radius 3 is 2.30 bits per heavy atom. The summed E-state index contributed by atoms with van der Waals surface area (Å²) in [7, 11) is 4.54. The van der Waals surface area contributed by atoms with Crippen LogP contribution in [-0.2, 0) is 11.3 Å². The van der Waals surface area contributed by atoms with Crippen LogP contribution in [0.2, 0.25) is 0 Å². The van der Waals surface area contributed by atoms with Crippen LogP contribution in [0.25, 0.3) is 11.4 Å². The van der Waals surface area contributed by atoms with E-state index in [0.717, 1.165) is 5.56 Å². The summed E-state index contributed by atoms with van der Waals surface area (Å²) in [5, 5.41) is 14.3. The van der Waals surface area contributed by atoms with Crippen LogP contribution in [0.1, 0.15) is 0 Å². The molecule has 2 aromatic carbocycles. The lowest BCUT2D eigenvalue weighted by Crippen LogP contribution is -2.20. The van der Waals surface area contributed by atoms with Gasteiger partial charge in [0.25, 0.3) is 0 Å². The molecule has 0 bridgehead atoms. The van der Waals surface area contributed by atoms with E-state index in [1.54, 1.807) is 12.1 Å². The van der Waals surface area contributed by atoms with Gasteiger partial charge in [-0.2, -0.15) is 0 Å². The van der Waals surface area contributed by atoms with Crippen molar-refractivity contribution in [3.63, 3.8) is 0 Å². The van der Waals surface area contributed by atoms with Crippen LogP contribution in [0.5, 0.6) is 17.2 Å². The van der Waals surface area contributed by atoms with Crippen molar-refractivity contribution in [3.8, 4) is 28.6 Å². The first kappa shape index (κ1) is 18.2. The van der Waals surface area contributed by atoms with Crippen molar-refractivity contribution in [1.29, 1.82) is 0 Å². The molecule has 0 atom stereocenters. The highest BCUT2D eigenvalue weighted by Gasteiger charge is 2.16. The van der Waals surface area contributed by atoms with Gasteiger partial charge in [-0.05, 0) is 10.4 Å². The van der Waals surface area contributed by atoms with Crippen molar-refractivity contribution in [1.82, 2.24) is 20.2 Å². The monoisotopic (exact) mass is 369 g/mol. The molecule has 1 aromatic heterocycles. The number of anilines is 1. The molecule has 0 spiro atoms. The van der Waals surface area contributed by atoms with E-state index in [4.69, 9.17) is 14.2 Å². The second-order valence-electron chi connectivity index (χ2n) is 5.49. The number of nitrogens with zero attached hydrogens (tertiary/aromatic N) is 4. The van der Waals surface area contributed by atoms with Crippen LogP contribution >= 0.6 is 0 Å². The van der Waals surface area contributed by atoms with Gasteiger partial charge in [-0.1, -0.05) is 30.3 Å². The SMILES string of the molecule is COc1cc(NC(=O)Cn2nnnc2-c2ccccc2)cc(OC)c1OC. The Hall–Kier alpha value is -3.62. The highest BCUT2D eigenvalue weighted by atomic mass is 16.5. The number of hydrogen-bond donors (Lipinski definition) is 1. The second kappa shape index (κ2) is 8.17. The molecule has 1 heterocycles. The van der Waals surface area contributed by atoms with Gasteiger partial charge in [-0.15, -0.1) is 5.10 Å². The molecule has 0 saturated heterocycles. The van der Waals surface area contributed by atoms with Gasteiger partial charge in [-0.25, -0.2) is 4.68 Å². The Bertz CT molecular complexity index is 902. The summed E-state index contributed by atoms with van der Waals surface area (Å²) in [6, 6.07) is 12.7. The first-order valence-corrected chi connectivity index (χ1v) is 8.07. The first-order valence-electron chi connectivity index (χ1n) is 8.07. The van der Waals surface area contributed by atoms with Crippen molar-refractivity contribution in [2.75, 3.05) is 26.6 Å². The number of benzene rings is 2. The molecule has 0 unspecified atom stereocenters. The van der Waals surface area contributed by atoms with Crippen molar-refractivity contribution in [3.05, 3.63) is 42.5 Å². The Morgan fingerprint density at radius 2 is 1.70 bits per heavy atom. The predicted octanol–water partition coefficient (Wildman–Crippen LogP) is 2.00. The van der Waals surface area contributed by atoms with Gasteiger partial charge in [0, 0.05) is 23.4 Å². The lowest BCUT2D eigenvalue weighted by molar-refractivity contribution is -0.116. The molecular formula is C18H19N5O4. The van der Waals surface area contributed by atoms with Crippen molar-refractivity contribution >= 4 is 11.6 Å². The third-order valence-electron chi connectivity index (χ3n) is 3.81. The van der Waals surface area contributed by atoms with E-state index in [-0.39, 0.29) is 12.5 Å². The quantitative estimate of drug-likeness (QED) is 0.680. The van der Waals surface area contributed by atoms with Crippen LogP contribution in [-0.4, -0.2) is 47.4 Å². The van der Waals surface area contributed by atoms with Crippen LogP contribution in [0, 0.1) is 0 Å². The molecule has 1 amide bonds. The molecule has 0 aliphatic heterocycles. The average molecular weight is 369 g/mol. The Balaban J connectivity index is 1.79. The number of tetrazole rings is 1. The molecule has 0 aliphatic carbocycles. The van der Waals surface area contributed by atoms with Gasteiger partial charge < -0.3 is 19.5 Å². The van der Waals surface area contributed by atoms with Crippen LogP contribution < -0.4 is 19.5 Å². The molecule has 0 saturated carbocycles. The number of amides is 1. The number of methoxy groups -OCH3 is 3. The highest BCUT2D eigenvalue weighted by molar-refractivity contribution is 5.91. The minimum atomic E-state index is -0.297. The lowest BCUT2D eigenvalue weighted by Gasteiger charge is -2.14. The number of rotatable bonds is 7. The fourth-order valence-electron chi connectivity index (χ4n) is 2.59. The zero-order valence-corrected chi connectivity index (χ0v) is 15.2. The summed E-state index contributed by atoms with van der Waals surface area (Å²) in [5.74, 6) is 1.55. The third-order valence-corrected chi connectivity index (χ3v) is 3.81. The van der Waals surface area contributed by atoms with E-state index in [1.165, 1.54) is 26.0 Å². The van der Waals surface area contributed by atoms with E-state index in [9.17, 15) is 4.79 Å². The standard InChI is InChI=1S/C18H19N5O4/c1-25-14-9-13(10-15(26-2)17(14)27-3)19-16(24)11-23-18(20-21-22-23)12-7-5-4-6-8-12/h4-10H,11H2,1-3H3,(H,19,24). The van der Waals surface area contributed by atoms with Gasteiger partial charge in [0.15, 0.2) is 17.3 Å². The molecule has 140 valence electrons. The largest absolute Gasteiger partial charge is 0.493 e. The maximum Gasteiger partial charge on any atom is 0.246 e. The average Bonchev–Trinajstić information content (AvgIpc) is 3.15. The topological polar surface area (TPSA) is 100 Å². The fourth-order valence-corrected chi connectivity index (χ4v) is 2.59. The Kier molecular flexibility index (Phi) is 5.50. The normalized spacial score (nSPS) is 10.3. The van der Waals surface area contributed by atoms with E-state index in [1.807, 2.05) is 30.3 Å². The molecule has 27 heavy (non-hydrogen) atoms. The minimum absolute atomic E-state index is 0.0477. The summed E-state index contributed by atoms with van der Waals surface area (Å²) in [4.78, 5) is 12.5. The van der Waals surface area contributed by atoms with Gasteiger partial charge in [0.05, 0.1) is 21.3 Å². The molecule has 0 fully saturated rings. The van der Waals surface area contributed by atoms with E-state index >= 15 is 0 Å². The number of aromatic nitrogens is 4. The number of ether oxygens (including phenoxy) is 3. The summed E-state index contributed by atoms with van der Waals surface area (Å²) in [6.07, 6.45) is 0. The van der Waals surface area contributed by atoms with E-state index < -0.39 is 0 Å². The van der Waals surface area contributed by atoms with Gasteiger partial charge in [0.1, 0.15) is 6.54 Å². The molecule has 1 N–H and O–H groups in total. The van der Waals surface area contributed by atoms with Gasteiger partial charge in [0.2, 0.25) is 11.7 Å². The molecular weight excluding hydrogens is 350 g/mol. The second-order valence-corrected chi connectivity index (χ2v) is 5.49. The molecule has 9 nitrogen and oxygen atoms in total. The number of carbonyl (C=O) groups is 1. The lowest BCUT2D eigenvalue weighted by atomic mass is 10.2. The molecule has 0 aliphatic rings. The van der Waals surface area contributed by atoms with Crippen molar-refractivity contribution in [2.45, 2.75) is 6.54 Å². The van der Waals surface area contributed by atoms with Gasteiger partial charge >= 0.3 is 0 Å². The van der Waals surface area contributed by atoms with Crippen LogP contribution in [0.3, 0.4) is 0 Å². The zero-order chi connectivity index (χ0) is 19.2. The summed E-state index contributed by atoms with van der Waals surface area (Å²) in [5.41, 5.74) is 1.33. The minimum Gasteiger partial charge on any atom is -0.493 e. The van der Waals surface area contributed by atoms with Crippen LogP contribution in [0.4, 0.5) is 5.69 Å².